The number of hydrogen-bond acceptors (Lipinski definition) is 0. The Labute approximate surface area is 200 Å². The van der Waals surface area contributed by atoms with E-state index in [2.05, 4.69) is 100 Å². The van der Waals surface area contributed by atoms with Crippen molar-refractivity contribution >= 4 is 33.0 Å². The average Bonchev–Trinajstić information content (AvgIpc) is 2.96. The molecule has 0 radical (unpaired) electrons. The molecule has 0 aliphatic heterocycles. The highest BCUT2D eigenvalue weighted by molar-refractivity contribution is 6.10. The van der Waals surface area contributed by atoms with E-state index in [-0.39, 0.29) is 0 Å². The van der Waals surface area contributed by atoms with Crippen molar-refractivity contribution in [2.24, 2.45) is 0 Å². The first-order valence-corrected chi connectivity index (χ1v) is 12.0. The van der Waals surface area contributed by atoms with E-state index in [1.165, 1.54) is 38.5 Å². The second kappa shape index (κ2) is 10.6. The number of rotatable bonds is 5. The van der Waals surface area contributed by atoms with E-state index in [9.17, 15) is 0 Å². The van der Waals surface area contributed by atoms with Crippen molar-refractivity contribution in [3.63, 3.8) is 0 Å². The van der Waals surface area contributed by atoms with E-state index >= 15 is 0 Å². The van der Waals surface area contributed by atoms with Crippen LogP contribution in [0.1, 0.15) is 71.4 Å². The lowest BCUT2D eigenvalue weighted by atomic mass is 9.94. The van der Waals surface area contributed by atoms with Crippen LogP contribution in [0, 0.1) is 11.8 Å². The molecule has 1 aromatic heterocycles. The van der Waals surface area contributed by atoms with Gasteiger partial charge in [0, 0.05) is 40.3 Å². The van der Waals surface area contributed by atoms with Gasteiger partial charge in [0.25, 0.3) is 0 Å². The summed E-state index contributed by atoms with van der Waals surface area (Å²) in [6, 6.07) is 13.4. The minimum absolute atomic E-state index is 0.947. The Morgan fingerprint density at radius 1 is 0.939 bits per heavy atom. The number of fused-ring (bicyclic) bond motifs is 3. The van der Waals surface area contributed by atoms with Crippen LogP contribution >= 0.6 is 0 Å². The lowest BCUT2D eigenvalue weighted by molar-refractivity contribution is 0.827. The minimum Gasteiger partial charge on any atom is -0.341 e. The second-order valence-corrected chi connectivity index (χ2v) is 9.09. The number of aryl methyl sites for hydroxylation is 1. The van der Waals surface area contributed by atoms with Crippen LogP contribution in [0.3, 0.4) is 0 Å². The van der Waals surface area contributed by atoms with Crippen molar-refractivity contribution in [1.29, 1.82) is 0 Å². The van der Waals surface area contributed by atoms with Crippen molar-refractivity contribution in [1.82, 2.24) is 4.57 Å². The van der Waals surface area contributed by atoms with Crippen molar-refractivity contribution in [2.45, 2.75) is 66.8 Å². The molecule has 1 heterocycles. The largest absolute Gasteiger partial charge is 0.341 e. The van der Waals surface area contributed by atoms with Crippen LogP contribution in [-0.2, 0) is 6.54 Å². The van der Waals surface area contributed by atoms with Crippen LogP contribution in [-0.4, -0.2) is 4.57 Å². The third kappa shape index (κ3) is 5.23. The summed E-state index contributed by atoms with van der Waals surface area (Å²) in [5, 5.41) is 2.56. The maximum Gasteiger partial charge on any atom is 0.0491 e. The molecule has 4 rings (SSSR count). The number of allylic oxidation sites excluding steroid dienone is 5. The van der Waals surface area contributed by atoms with Gasteiger partial charge in [-0.2, -0.15) is 0 Å². The molecule has 3 aromatic rings. The van der Waals surface area contributed by atoms with E-state index in [0.29, 0.717) is 0 Å². The molecule has 0 bridgehead atoms. The van der Waals surface area contributed by atoms with E-state index in [1.807, 2.05) is 6.92 Å². The van der Waals surface area contributed by atoms with E-state index in [4.69, 9.17) is 0 Å². The predicted octanol–water partition coefficient (Wildman–Crippen LogP) is 9.34. The summed E-state index contributed by atoms with van der Waals surface area (Å²) in [6.07, 6.45) is 4.32. The van der Waals surface area contributed by atoms with E-state index < -0.39 is 0 Å². The summed E-state index contributed by atoms with van der Waals surface area (Å²) in [4.78, 5) is 0. The van der Waals surface area contributed by atoms with Crippen LogP contribution < -0.4 is 0 Å². The van der Waals surface area contributed by atoms with Gasteiger partial charge in [-0.05, 0) is 87.9 Å². The lowest BCUT2D eigenvalue weighted by Gasteiger charge is -2.10. The molecule has 1 aliphatic carbocycles. The van der Waals surface area contributed by atoms with Crippen molar-refractivity contribution in [3.8, 4) is 11.8 Å². The third-order valence-electron chi connectivity index (χ3n) is 6.42. The van der Waals surface area contributed by atoms with Crippen LogP contribution in [0.4, 0.5) is 0 Å². The first-order chi connectivity index (χ1) is 15.8. The zero-order valence-corrected chi connectivity index (χ0v) is 21.1. The normalized spacial score (nSPS) is 13.1. The molecule has 0 saturated carbocycles. The second-order valence-electron chi connectivity index (χ2n) is 9.09. The maximum absolute atomic E-state index is 4.42. The first kappa shape index (κ1) is 24.4. The molecule has 170 valence electrons. The molecule has 0 fully saturated rings. The van der Waals surface area contributed by atoms with Gasteiger partial charge in [-0.3, -0.25) is 0 Å². The fourth-order valence-corrected chi connectivity index (χ4v) is 4.20. The molecule has 1 nitrogen and oxygen atoms in total. The molecule has 0 saturated heterocycles. The summed E-state index contributed by atoms with van der Waals surface area (Å²) >= 11 is 0. The van der Waals surface area contributed by atoms with Crippen LogP contribution in [0.15, 0.2) is 72.9 Å². The van der Waals surface area contributed by atoms with Crippen LogP contribution in [0.25, 0.3) is 33.0 Å². The van der Waals surface area contributed by atoms with Gasteiger partial charge >= 0.3 is 0 Å². The smallest absolute Gasteiger partial charge is 0.0491 e. The predicted molar refractivity (Wildman–Crippen MR) is 148 cm³/mol. The number of nitrogens with zero attached hydrogens (tertiary/aromatic N) is 1. The molecule has 0 amide bonds. The van der Waals surface area contributed by atoms with E-state index in [1.54, 1.807) is 0 Å². The van der Waals surface area contributed by atoms with Gasteiger partial charge in [0.2, 0.25) is 0 Å². The van der Waals surface area contributed by atoms with Gasteiger partial charge in [-0.25, -0.2) is 0 Å². The Bertz CT molecular complexity index is 1330. The summed E-state index contributed by atoms with van der Waals surface area (Å²) in [7, 11) is 0. The number of hydrogen-bond donors (Lipinski definition) is 0. The quantitative estimate of drug-likeness (QED) is 0.278. The summed E-state index contributed by atoms with van der Waals surface area (Å²) in [5.41, 5.74) is 10.8. The van der Waals surface area contributed by atoms with E-state index in [0.717, 1.165) is 54.5 Å². The Kier molecular flexibility index (Phi) is 7.83. The van der Waals surface area contributed by atoms with Gasteiger partial charge in [0.1, 0.15) is 0 Å². The molecule has 0 N–H and O–H groups in total. The standard InChI is InChI=1S/C27H27N.C5H10/c1-6-28-26-14-12-21(18(2)3)16-24(26)25-17-22(13-15-27(25)28)20(5)23-11-9-7-8-10-19(23)4;1-4-5(2)3/h12-17H,2,5-8,10H2,1,3-4H3;2,4H2,1,3H3. The molecular formula is C32H37N. The van der Waals surface area contributed by atoms with Gasteiger partial charge in [-0.15, -0.1) is 6.58 Å². The summed E-state index contributed by atoms with van der Waals surface area (Å²) in [6.45, 7) is 23.7. The Morgan fingerprint density at radius 3 is 2.06 bits per heavy atom. The Morgan fingerprint density at radius 2 is 1.52 bits per heavy atom. The van der Waals surface area contributed by atoms with Gasteiger partial charge in [0.15, 0.2) is 0 Å². The summed E-state index contributed by atoms with van der Waals surface area (Å²) in [5.74, 6) is 6.66. The molecule has 0 spiro atoms. The number of aromatic nitrogens is 1. The zero-order chi connectivity index (χ0) is 24.1. The highest BCUT2D eigenvalue weighted by Gasteiger charge is 2.14. The molecule has 2 aromatic carbocycles. The molecule has 33 heavy (non-hydrogen) atoms. The Hall–Kier alpha value is -3.24. The topological polar surface area (TPSA) is 4.93 Å². The van der Waals surface area contributed by atoms with Gasteiger partial charge in [-0.1, -0.05) is 60.8 Å². The lowest BCUT2D eigenvalue weighted by Crippen LogP contribution is -1.94. The zero-order valence-electron chi connectivity index (χ0n) is 21.1. The van der Waals surface area contributed by atoms with Crippen LogP contribution in [0.2, 0.25) is 0 Å². The molecule has 0 unspecified atom stereocenters. The number of benzene rings is 2. The SMILES string of the molecule is C=C(C)CC.C=C(C)c1ccc2c(c1)c1cc(C(=C)C3=C(C)CCCC#C3)ccc1n2CC. The van der Waals surface area contributed by atoms with Crippen molar-refractivity contribution in [3.05, 3.63) is 84.0 Å². The van der Waals surface area contributed by atoms with Gasteiger partial charge in [0.05, 0.1) is 0 Å². The third-order valence-corrected chi connectivity index (χ3v) is 6.42. The maximum atomic E-state index is 4.42. The summed E-state index contributed by atoms with van der Waals surface area (Å²) < 4.78 is 2.38. The molecule has 1 aliphatic rings. The van der Waals surface area contributed by atoms with Crippen LogP contribution in [0.5, 0.6) is 0 Å². The van der Waals surface area contributed by atoms with Crippen molar-refractivity contribution < 1.29 is 0 Å². The average molecular weight is 436 g/mol. The monoisotopic (exact) mass is 435 g/mol. The van der Waals surface area contributed by atoms with Gasteiger partial charge < -0.3 is 4.57 Å². The van der Waals surface area contributed by atoms with Crippen molar-refractivity contribution in [2.75, 3.05) is 0 Å². The minimum atomic E-state index is 0.947. The molecule has 0 atom stereocenters. The molecule has 1 heteroatoms. The first-order valence-electron chi connectivity index (χ1n) is 12.0. The highest BCUT2D eigenvalue weighted by Crippen LogP contribution is 2.35. The Balaban J connectivity index is 0.000000555. The fraction of sp³-hybridized carbons (Fsp3) is 0.312. The highest BCUT2D eigenvalue weighted by atomic mass is 15.0. The molecular weight excluding hydrogens is 398 g/mol. The fourth-order valence-electron chi connectivity index (χ4n) is 4.20.